The second kappa shape index (κ2) is 6.51. The molecule has 0 saturated carbocycles. The summed E-state index contributed by atoms with van der Waals surface area (Å²) >= 11 is 2.00. The van der Waals surface area contributed by atoms with Crippen LogP contribution in [0.25, 0.3) is 0 Å². The van der Waals surface area contributed by atoms with Gasteiger partial charge in [0, 0.05) is 30.9 Å². The monoisotopic (exact) mass is 344 g/mol. The molecule has 0 spiro atoms. The highest BCUT2D eigenvalue weighted by Gasteiger charge is 2.33. The summed E-state index contributed by atoms with van der Waals surface area (Å²) in [6.45, 7) is 4.68. The molecule has 0 radical (unpaired) electrons. The number of thioether (sulfide) groups is 1. The van der Waals surface area contributed by atoms with Crippen LogP contribution in [0.4, 0.5) is 0 Å². The molecular weight excluding hydrogens is 320 g/mol. The molecule has 6 nitrogen and oxygen atoms in total. The van der Waals surface area contributed by atoms with Gasteiger partial charge in [0.2, 0.25) is 10.0 Å². The third-order valence-electron chi connectivity index (χ3n) is 4.51. The Hall–Kier alpha value is -0.570. The van der Waals surface area contributed by atoms with Crippen LogP contribution in [0.15, 0.2) is 4.90 Å². The number of sulfonamides is 1. The summed E-state index contributed by atoms with van der Waals surface area (Å²) < 4.78 is 27.2. The molecule has 3 heterocycles. The first-order chi connectivity index (χ1) is 10.5. The Balaban J connectivity index is 1.63. The molecule has 0 bridgehead atoms. The third-order valence-corrected chi connectivity index (χ3v) is 7.84. The minimum atomic E-state index is -3.42. The molecule has 2 aliphatic rings. The Morgan fingerprint density at radius 3 is 2.50 bits per heavy atom. The minimum absolute atomic E-state index is 0.353. The molecule has 2 aliphatic heterocycles. The van der Waals surface area contributed by atoms with E-state index in [1.807, 2.05) is 11.8 Å². The van der Waals surface area contributed by atoms with Crippen LogP contribution in [-0.2, 0) is 10.0 Å². The van der Waals surface area contributed by atoms with Gasteiger partial charge in [0.05, 0.1) is 11.4 Å². The fourth-order valence-corrected chi connectivity index (χ4v) is 6.28. The number of hydrogen-bond acceptors (Lipinski definition) is 5. The lowest BCUT2D eigenvalue weighted by atomic mass is 10.1. The molecule has 124 valence electrons. The van der Waals surface area contributed by atoms with Gasteiger partial charge < -0.3 is 5.32 Å². The van der Waals surface area contributed by atoms with Crippen molar-refractivity contribution in [3.05, 3.63) is 11.4 Å². The van der Waals surface area contributed by atoms with E-state index in [0.717, 1.165) is 12.8 Å². The van der Waals surface area contributed by atoms with Crippen LogP contribution in [0.1, 0.15) is 30.7 Å². The summed E-state index contributed by atoms with van der Waals surface area (Å²) in [7, 11) is -3.42. The van der Waals surface area contributed by atoms with E-state index in [1.165, 1.54) is 17.9 Å². The number of aromatic amines is 1. The van der Waals surface area contributed by atoms with Crippen LogP contribution < -0.4 is 5.32 Å². The average Bonchev–Trinajstić information content (AvgIpc) is 3.10. The summed E-state index contributed by atoms with van der Waals surface area (Å²) in [5.74, 6) is 2.43. The van der Waals surface area contributed by atoms with Crippen molar-refractivity contribution in [2.45, 2.75) is 50.1 Å². The van der Waals surface area contributed by atoms with Gasteiger partial charge >= 0.3 is 0 Å². The smallest absolute Gasteiger partial charge is 0.246 e. The zero-order valence-electron chi connectivity index (χ0n) is 13.1. The van der Waals surface area contributed by atoms with Gasteiger partial charge in [-0.1, -0.05) is 0 Å². The molecule has 8 heteroatoms. The first kappa shape index (κ1) is 16.3. The molecule has 22 heavy (non-hydrogen) atoms. The zero-order chi connectivity index (χ0) is 15.7. The third kappa shape index (κ3) is 3.20. The second-order valence-electron chi connectivity index (χ2n) is 6.17. The molecule has 0 aromatic carbocycles. The van der Waals surface area contributed by atoms with Crippen molar-refractivity contribution in [3.63, 3.8) is 0 Å². The van der Waals surface area contributed by atoms with E-state index in [-0.39, 0.29) is 0 Å². The maximum Gasteiger partial charge on any atom is 0.246 e. The Labute approximate surface area is 136 Å². The van der Waals surface area contributed by atoms with E-state index in [2.05, 4.69) is 15.5 Å². The number of nitrogens with one attached hydrogen (secondary N) is 2. The highest BCUT2D eigenvalue weighted by atomic mass is 32.2. The predicted octanol–water partition coefficient (Wildman–Crippen LogP) is 1.27. The second-order valence-corrected chi connectivity index (χ2v) is 9.19. The van der Waals surface area contributed by atoms with Crippen molar-refractivity contribution in [3.8, 4) is 0 Å². The Bertz CT molecular complexity index is 595. The van der Waals surface area contributed by atoms with Crippen molar-refractivity contribution >= 4 is 21.8 Å². The van der Waals surface area contributed by atoms with Gasteiger partial charge in [-0.3, -0.25) is 5.10 Å². The fourth-order valence-electron chi connectivity index (χ4n) is 3.31. The largest absolute Gasteiger partial charge is 0.310 e. The molecule has 2 fully saturated rings. The minimum Gasteiger partial charge on any atom is -0.310 e. The topological polar surface area (TPSA) is 78.1 Å². The van der Waals surface area contributed by atoms with Crippen LogP contribution >= 0.6 is 11.8 Å². The molecule has 2 saturated heterocycles. The number of nitrogens with zero attached hydrogens (tertiary/aromatic N) is 2. The lowest BCUT2D eigenvalue weighted by molar-refractivity contribution is 0.277. The highest BCUT2D eigenvalue weighted by molar-refractivity contribution is 7.99. The van der Waals surface area contributed by atoms with Crippen molar-refractivity contribution in [1.29, 1.82) is 0 Å². The van der Waals surface area contributed by atoms with Crippen LogP contribution in [0.3, 0.4) is 0 Å². The fraction of sp³-hybridized carbons (Fsp3) is 0.786. The van der Waals surface area contributed by atoms with Gasteiger partial charge in [-0.2, -0.15) is 21.2 Å². The Kier molecular flexibility index (Phi) is 4.82. The zero-order valence-corrected chi connectivity index (χ0v) is 14.8. The summed E-state index contributed by atoms with van der Waals surface area (Å²) in [5.41, 5.74) is 1.18. The van der Waals surface area contributed by atoms with E-state index in [4.69, 9.17) is 0 Å². The van der Waals surface area contributed by atoms with Gasteiger partial charge in [-0.05, 0) is 38.9 Å². The van der Waals surface area contributed by atoms with Gasteiger partial charge in [0.15, 0.2) is 0 Å². The number of piperidine rings is 1. The number of aryl methyl sites for hydroxylation is 2. The average molecular weight is 345 g/mol. The summed E-state index contributed by atoms with van der Waals surface area (Å²) in [6, 6.07) is 1.05. The molecule has 1 atom stereocenters. The van der Waals surface area contributed by atoms with Crippen LogP contribution in [-0.4, -0.2) is 59.6 Å². The molecule has 2 N–H and O–H groups in total. The first-order valence-electron chi connectivity index (χ1n) is 7.84. The highest BCUT2D eigenvalue weighted by Crippen LogP contribution is 2.25. The summed E-state index contributed by atoms with van der Waals surface area (Å²) in [6.07, 6.45) is 3.00. The Morgan fingerprint density at radius 1 is 1.23 bits per heavy atom. The van der Waals surface area contributed by atoms with E-state index in [9.17, 15) is 8.42 Å². The molecule has 1 unspecified atom stereocenters. The normalized spacial score (nSPS) is 24.9. The number of rotatable bonds is 4. The van der Waals surface area contributed by atoms with Crippen molar-refractivity contribution < 1.29 is 8.42 Å². The Morgan fingerprint density at radius 2 is 1.95 bits per heavy atom. The van der Waals surface area contributed by atoms with Gasteiger partial charge in [0.25, 0.3) is 0 Å². The SMILES string of the molecule is Cc1n[nH]c(C)c1S(=O)(=O)N1CCC(NC2CCSC2)CC1. The maximum atomic E-state index is 12.8. The quantitative estimate of drug-likeness (QED) is 0.860. The molecule has 0 aliphatic carbocycles. The van der Waals surface area contributed by atoms with E-state index >= 15 is 0 Å². The van der Waals surface area contributed by atoms with Crippen LogP contribution in [0.2, 0.25) is 0 Å². The first-order valence-corrected chi connectivity index (χ1v) is 10.4. The maximum absolute atomic E-state index is 12.8. The van der Waals surface area contributed by atoms with Crippen molar-refractivity contribution in [1.82, 2.24) is 19.8 Å². The van der Waals surface area contributed by atoms with Crippen molar-refractivity contribution in [2.24, 2.45) is 0 Å². The lowest BCUT2D eigenvalue weighted by Gasteiger charge is -2.33. The standard InChI is InChI=1S/C14H24N4O2S2/c1-10-14(11(2)17-16-10)22(19,20)18-6-3-12(4-7-18)15-13-5-8-21-9-13/h12-13,15H,3-9H2,1-2H3,(H,16,17). The predicted molar refractivity (Wildman–Crippen MR) is 88.7 cm³/mol. The molecule has 1 aromatic heterocycles. The number of H-pyrrole nitrogens is 1. The molecule has 1 aromatic rings. The number of hydrogen-bond donors (Lipinski definition) is 2. The molecule has 0 amide bonds. The lowest BCUT2D eigenvalue weighted by Crippen LogP contribution is -2.47. The van der Waals surface area contributed by atoms with Gasteiger partial charge in [-0.25, -0.2) is 8.42 Å². The molecule has 3 rings (SSSR count). The number of aromatic nitrogens is 2. The van der Waals surface area contributed by atoms with Crippen LogP contribution in [0.5, 0.6) is 0 Å². The van der Waals surface area contributed by atoms with Gasteiger partial charge in [-0.15, -0.1) is 0 Å². The van der Waals surface area contributed by atoms with Crippen molar-refractivity contribution in [2.75, 3.05) is 24.6 Å². The molecular formula is C14H24N4O2S2. The van der Waals surface area contributed by atoms with E-state index < -0.39 is 10.0 Å². The summed E-state index contributed by atoms with van der Waals surface area (Å²) in [5, 5.41) is 10.5. The van der Waals surface area contributed by atoms with Gasteiger partial charge in [0.1, 0.15) is 4.90 Å². The van der Waals surface area contributed by atoms with E-state index in [0.29, 0.717) is 41.5 Å². The van der Waals surface area contributed by atoms with E-state index in [1.54, 1.807) is 18.2 Å². The summed E-state index contributed by atoms with van der Waals surface area (Å²) in [4.78, 5) is 0.353. The van der Waals surface area contributed by atoms with Crippen LogP contribution in [0, 0.1) is 13.8 Å².